The van der Waals surface area contributed by atoms with Crippen molar-refractivity contribution in [3.8, 4) is 11.8 Å². The second-order valence-corrected chi connectivity index (χ2v) is 6.08. The zero-order valence-corrected chi connectivity index (χ0v) is 15.1. The number of hydrogen-bond acceptors (Lipinski definition) is 4. The first-order valence-electron chi connectivity index (χ1n) is 8.54. The van der Waals surface area contributed by atoms with Gasteiger partial charge in [0.15, 0.2) is 0 Å². The van der Waals surface area contributed by atoms with Gasteiger partial charge in [-0.15, -0.1) is 0 Å². The molecule has 140 valence electrons. The molecule has 0 fully saturated rings. The van der Waals surface area contributed by atoms with Crippen LogP contribution in [0.4, 0.5) is 5.69 Å². The molecule has 1 heterocycles. The normalized spacial score (nSPS) is 12.1. The van der Waals surface area contributed by atoms with E-state index in [2.05, 4.69) is 22.5 Å². The van der Waals surface area contributed by atoms with E-state index in [0.29, 0.717) is 16.8 Å². The molecule has 0 saturated heterocycles. The smallest absolute Gasteiger partial charge is 0.262 e. The van der Waals surface area contributed by atoms with Gasteiger partial charge in [0.05, 0.1) is 17.7 Å². The summed E-state index contributed by atoms with van der Waals surface area (Å²) in [6.07, 6.45) is 0. The van der Waals surface area contributed by atoms with Crippen LogP contribution in [0, 0.1) is 11.8 Å². The van der Waals surface area contributed by atoms with Crippen LogP contribution in [0.3, 0.4) is 0 Å². The third-order valence-corrected chi connectivity index (χ3v) is 3.99. The van der Waals surface area contributed by atoms with Gasteiger partial charge in [-0.05, 0) is 36.4 Å². The SMILES string of the molecule is CC(=O)Nc1ccc(C#CCNC(=O)CN2C(=O)c3ccccc3C2=O)cc1. The third-order valence-electron chi connectivity index (χ3n) is 3.99. The third kappa shape index (κ3) is 4.24. The highest BCUT2D eigenvalue weighted by Gasteiger charge is 2.36. The molecule has 7 nitrogen and oxygen atoms in total. The van der Waals surface area contributed by atoms with Gasteiger partial charge in [0, 0.05) is 18.2 Å². The molecular weight excluding hydrogens is 358 g/mol. The Balaban J connectivity index is 1.51. The van der Waals surface area contributed by atoms with Gasteiger partial charge < -0.3 is 10.6 Å². The monoisotopic (exact) mass is 375 g/mol. The van der Waals surface area contributed by atoms with Crippen molar-refractivity contribution in [2.45, 2.75) is 6.92 Å². The van der Waals surface area contributed by atoms with E-state index in [1.54, 1.807) is 48.5 Å². The largest absolute Gasteiger partial charge is 0.344 e. The van der Waals surface area contributed by atoms with Gasteiger partial charge in [0.2, 0.25) is 11.8 Å². The highest BCUT2D eigenvalue weighted by atomic mass is 16.2. The molecule has 2 aromatic carbocycles. The summed E-state index contributed by atoms with van der Waals surface area (Å²) in [7, 11) is 0. The maximum absolute atomic E-state index is 12.2. The molecular formula is C21H17N3O4. The average Bonchev–Trinajstić information content (AvgIpc) is 2.91. The molecule has 4 amide bonds. The molecule has 0 aromatic heterocycles. The van der Waals surface area contributed by atoms with Crippen molar-refractivity contribution in [2.75, 3.05) is 18.4 Å². The fraction of sp³-hybridized carbons (Fsp3) is 0.143. The Kier molecular flexibility index (Phi) is 5.51. The van der Waals surface area contributed by atoms with Crippen LogP contribution in [0.5, 0.6) is 0 Å². The van der Waals surface area contributed by atoms with Crippen molar-refractivity contribution in [2.24, 2.45) is 0 Å². The summed E-state index contributed by atoms with van der Waals surface area (Å²) in [6.45, 7) is 1.16. The number of imide groups is 1. The molecule has 1 aliphatic heterocycles. The van der Waals surface area contributed by atoms with E-state index in [-0.39, 0.29) is 19.0 Å². The van der Waals surface area contributed by atoms with Crippen LogP contribution in [0.15, 0.2) is 48.5 Å². The second-order valence-electron chi connectivity index (χ2n) is 6.08. The average molecular weight is 375 g/mol. The first-order chi connectivity index (χ1) is 13.5. The Bertz CT molecular complexity index is 981. The van der Waals surface area contributed by atoms with Crippen LogP contribution < -0.4 is 10.6 Å². The van der Waals surface area contributed by atoms with E-state index in [0.717, 1.165) is 10.5 Å². The number of hydrogen-bond donors (Lipinski definition) is 2. The minimum Gasteiger partial charge on any atom is -0.344 e. The molecule has 0 bridgehead atoms. The first-order valence-corrected chi connectivity index (χ1v) is 8.54. The van der Waals surface area contributed by atoms with E-state index in [9.17, 15) is 19.2 Å². The topological polar surface area (TPSA) is 95.6 Å². The Morgan fingerprint density at radius 2 is 1.57 bits per heavy atom. The minimum absolute atomic E-state index is 0.0788. The second kappa shape index (κ2) is 8.18. The number of nitrogens with one attached hydrogen (secondary N) is 2. The summed E-state index contributed by atoms with van der Waals surface area (Å²) in [4.78, 5) is 48.4. The number of benzene rings is 2. The number of carbonyl (C=O) groups is 4. The lowest BCUT2D eigenvalue weighted by molar-refractivity contribution is -0.121. The van der Waals surface area contributed by atoms with E-state index in [1.165, 1.54) is 6.92 Å². The van der Waals surface area contributed by atoms with Crippen molar-refractivity contribution in [1.29, 1.82) is 0 Å². The molecule has 3 rings (SSSR count). The van der Waals surface area contributed by atoms with Crippen LogP contribution in [-0.4, -0.2) is 41.6 Å². The molecule has 0 spiro atoms. The van der Waals surface area contributed by atoms with E-state index in [1.807, 2.05) is 0 Å². The van der Waals surface area contributed by atoms with Crippen LogP contribution in [0.25, 0.3) is 0 Å². The van der Waals surface area contributed by atoms with Crippen molar-refractivity contribution in [1.82, 2.24) is 10.2 Å². The molecule has 0 saturated carbocycles. The van der Waals surface area contributed by atoms with E-state index >= 15 is 0 Å². The lowest BCUT2D eigenvalue weighted by atomic mass is 10.1. The summed E-state index contributed by atoms with van der Waals surface area (Å²) in [5.74, 6) is 4.12. The number of fused-ring (bicyclic) bond motifs is 1. The molecule has 0 radical (unpaired) electrons. The quantitative estimate of drug-likeness (QED) is 0.624. The summed E-state index contributed by atoms with van der Waals surface area (Å²) in [6, 6.07) is 13.4. The van der Waals surface area contributed by atoms with Gasteiger partial charge in [-0.1, -0.05) is 24.0 Å². The molecule has 1 aliphatic rings. The predicted molar refractivity (Wildman–Crippen MR) is 102 cm³/mol. The number of amides is 4. The highest BCUT2D eigenvalue weighted by Crippen LogP contribution is 2.21. The number of anilines is 1. The van der Waals surface area contributed by atoms with Gasteiger partial charge in [-0.2, -0.15) is 0 Å². The van der Waals surface area contributed by atoms with Crippen LogP contribution in [0.2, 0.25) is 0 Å². The summed E-state index contributed by atoms with van der Waals surface area (Å²) in [5, 5.41) is 5.23. The lowest BCUT2D eigenvalue weighted by Gasteiger charge is -2.12. The summed E-state index contributed by atoms with van der Waals surface area (Å²) >= 11 is 0. The van der Waals surface area contributed by atoms with Crippen LogP contribution >= 0.6 is 0 Å². The van der Waals surface area contributed by atoms with E-state index in [4.69, 9.17) is 0 Å². The molecule has 28 heavy (non-hydrogen) atoms. The van der Waals surface area contributed by atoms with Gasteiger partial charge >= 0.3 is 0 Å². The standard InChI is InChI=1S/C21H17N3O4/c1-14(25)23-16-10-8-15(9-11-16)5-4-12-22-19(26)13-24-20(27)17-6-2-3-7-18(17)21(24)28/h2-3,6-11H,12-13H2,1H3,(H,22,26)(H,23,25). The number of rotatable bonds is 4. The maximum atomic E-state index is 12.2. The van der Waals surface area contributed by atoms with Crippen LogP contribution in [0.1, 0.15) is 33.2 Å². The van der Waals surface area contributed by atoms with Gasteiger partial charge in [-0.25, -0.2) is 0 Å². The zero-order valence-electron chi connectivity index (χ0n) is 15.1. The lowest BCUT2D eigenvalue weighted by Crippen LogP contribution is -2.40. The van der Waals surface area contributed by atoms with E-state index < -0.39 is 17.7 Å². The zero-order chi connectivity index (χ0) is 20.1. The number of carbonyl (C=O) groups excluding carboxylic acids is 4. The van der Waals surface area contributed by atoms with Gasteiger partial charge in [-0.3, -0.25) is 24.1 Å². The summed E-state index contributed by atoms with van der Waals surface area (Å²) < 4.78 is 0. The summed E-state index contributed by atoms with van der Waals surface area (Å²) in [5.41, 5.74) is 2.02. The molecule has 2 N–H and O–H groups in total. The predicted octanol–water partition coefficient (Wildman–Crippen LogP) is 1.41. The van der Waals surface area contributed by atoms with Crippen molar-refractivity contribution in [3.05, 3.63) is 65.2 Å². The first kappa shape index (κ1) is 18.9. The molecule has 0 atom stereocenters. The molecule has 0 unspecified atom stereocenters. The van der Waals surface area contributed by atoms with Crippen molar-refractivity contribution >= 4 is 29.3 Å². The fourth-order valence-corrected chi connectivity index (χ4v) is 2.71. The fourth-order valence-electron chi connectivity index (χ4n) is 2.71. The van der Waals surface area contributed by atoms with Gasteiger partial charge in [0.1, 0.15) is 6.54 Å². The minimum atomic E-state index is -0.471. The Morgan fingerprint density at radius 1 is 0.964 bits per heavy atom. The molecule has 2 aromatic rings. The molecule has 7 heteroatoms. The Labute approximate surface area is 161 Å². The number of nitrogens with zero attached hydrogens (tertiary/aromatic N) is 1. The van der Waals surface area contributed by atoms with Gasteiger partial charge in [0.25, 0.3) is 11.8 Å². The Hall–Kier alpha value is -3.92. The van der Waals surface area contributed by atoms with Crippen LogP contribution in [-0.2, 0) is 9.59 Å². The Morgan fingerprint density at radius 3 is 2.14 bits per heavy atom. The maximum Gasteiger partial charge on any atom is 0.262 e. The highest BCUT2D eigenvalue weighted by molar-refractivity contribution is 6.22. The van der Waals surface area contributed by atoms with Crippen molar-refractivity contribution in [3.63, 3.8) is 0 Å². The van der Waals surface area contributed by atoms with Crippen molar-refractivity contribution < 1.29 is 19.2 Å². The molecule has 0 aliphatic carbocycles.